The maximum Gasteiger partial charge on any atom is 0.241 e. The van der Waals surface area contributed by atoms with Crippen molar-refractivity contribution in [3.8, 4) is 0 Å². The Morgan fingerprint density at radius 1 is 1.44 bits per heavy atom. The number of carbonyl (C=O) groups excluding carboxylic acids is 1. The van der Waals surface area contributed by atoms with Gasteiger partial charge in [-0.05, 0) is 37.1 Å². The molecule has 1 aliphatic heterocycles. The summed E-state index contributed by atoms with van der Waals surface area (Å²) in [5, 5.41) is 6.22. The van der Waals surface area contributed by atoms with Crippen molar-refractivity contribution in [2.24, 2.45) is 5.92 Å². The SMILES string of the molecule is CC1CCNC1C(=O)Nc1cccc(N(C)C)c1. The van der Waals surface area contributed by atoms with Gasteiger partial charge >= 0.3 is 0 Å². The predicted molar refractivity (Wildman–Crippen MR) is 75.0 cm³/mol. The van der Waals surface area contributed by atoms with Crippen molar-refractivity contribution >= 4 is 17.3 Å². The summed E-state index contributed by atoms with van der Waals surface area (Å²) in [6.07, 6.45) is 1.07. The number of amides is 1. The molecule has 1 aromatic rings. The highest BCUT2D eigenvalue weighted by atomic mass is 16.2. The van der Waals surface area contributed by atoms with Gasteiger partial charge < -0.3 is 15.5 Å². The van der Waals surface area contributed by atoms with Crippen LogP contribution in [0.25, 0.3) is 0 Å². The van der Waals surface area contributed by atoms with Gasteiger partial charge in [0.15, 0.2) is 0 Å². The van der Waals surface area contributed by atoms with Gasteiger partial charge in [-0.1, -0.05) is 13.0 Å². The zero-order valence-electron chi connectivity index (χ0n) is 11.2. The highest BCUT2D eigenvalue weighted by Crippen LogP contribution is 2.20. The van der Waals surface area contributed by atoms with E-state index in [1.165, 1.54) is 0 Å². The van der Waals surface area contributed by atoms with Crippen LogP contribution in [0.4, 0.5) is 11.4 Å². The van der Waals surface area contributed by atoms with Crippen LogP contribution in [0.2, 0.25) is 0 Å². The molecule has 2 unspecified atom stereocenters. The van der Waals surface area contributed by atoms with Crippen LogP contribution in [0.15, 0.2) is 24.3 Å². The molecule has 4 heteroatoms. The molecule has 0 saturated carbocycles. The quantitative estimate of drug-likeness (QED) is 0.854. The fourth-order valence-electron chi connectivity index (χ4n) is 2.27. The van der Waals surface area contributed by atoms with Crippen LogP contribution < -0.4 is 15.5 Å². The zero-order chi connectivity index (χ0) is 13.1. The second kappa shape index (κ2) is 5.40. The van der Waals surface area contributed by atoms with Gasteiger partial charge in [-0.15, -0.1) is 0 Å². The van der Waals surface area contributed by atoms with Crippen LogP contribution in [0.1, 0.15) is 13.3 Å². The summed E-state index contributed by atoms with van der Waals surface area (Å²) in [6.45, 7) is 3.04. The Kier molecular flexibility index (Phi) is 3.87. The van der Waals surface area contributed by atoms with Gasteiger partial charge in [0.25, 0.3) is 0 Å². The number of hydrogen-bond donors (Lipinski definition) is 2. The molecular formula is C14H21N3O. The average molecular weight is 247 g/mol. The van der Waals surface area contributed by atoms with Crippen molar-refractivity contribution in [3.05, 3.63) is 24.3 Å². The minimum atomic E-state index is -0.0620. The Labute approximate surface area is 108 Å². The van der Waals surface area contributed by atoms with Gasteiger partial charge in [-0.2, -0.15) is 0 Å². The Hall–Kier alpha value is -1.55. The Balaban J connectivity index is 2.04. The van der Waals surface area contributed by atoms with Crippen molar-refractivity contribution in [1.29, 1.82) is 0 Å². The molecule has 1 aromatic carbocycles. The van der Waals surface area contributed by atoms with E-state index >= 15 is 0 Å². The molecule has 1 fully saturated rings. The molecule has 1 saturated heterocycles. The number of carbonyl (C=O) groups is 1. The molecular weight excluding hydrogens is 226 g/mol. The predicted octanol–water partition coefficient (Wildman–Crippen LogP) is 1.69. The van der Waals surface area contributed by atoms with Gasteiger partial charge in [-0.25, -0.2) is 0 Å². The fraction of sp³-hybridized carbons (Fsp3) is 0.500. The molecule has 1 amide bonds. The first-order chi connectivity index (χ1) is 8.58. The van der Waals surface area contributed by atoms with Crippen LogP contribution >= 0.6 is 0 Å². The van der Waals surface area contributed by atoms with Crippen molar-refractivity contribution in [3.63, 3.8) is 0 Å². The zero-order valence-corrected chi connectivity index (χ0v) is 11.2. The summed E-state index contributed by atoms with van der Waals surface area (Å²) in [6, 6.07) is 7.82. The summed E-state index contributed by atoms with van der Waals surface area (Å²) in [5.41, 5.74) is 1.94. The molecule has 18 heavy (non-hydrogen) atoms. The number of nitrogens with zero attached hydrogens (tertiary/aromatic N) is 1. The van der Waals surface area contributed by atoms with E-state index in [0.717, 1.165) is 24.3 Å². The van der Waals surface area contributed by atoms with Crippen molar-refractivity contribution in [2.75, 3.05) is 30.9 Å². The lowest BCUT2D eigenvalue weighted by molar-refractivity contribution is -0.118. The van der Waals surface area contributed by atoms with Crippen LogP contribution in [-0.2, 0) is 4.79 Å². The Morgan fingerprint density at radius 3 is 2.83 bits per heavy atom. The molecule has 1 heterocycles. The molecule has 0 radical (unpaired) electrons. The number of anilines is 2. The second-order valence-electron chi connectivity index (χ2n) is 5.13. The minimum absolute atomic E-state index is 0.0620. The largest absolute Gasteiger partial charge is 0.378 e. The van der Waals surface area contributed by atoms with E-state index in [9.17, 15) is 4.79 Å². The van der Waals surface area contributed by atoms with Crippen LogP contribution in [0, 0.1) is 5.92 Å². The third-order valence-electron chi connectivity index (χ3n) is 3.45. The van der Waals surface area contributed by atoms with Crippen molar-refractivity contribution in [1.82, 2.24) is 5.32 Å². The first-order valence-electron chi connectivity index (χ1n) is 6.39. The molecule has 0 aromatic heterocycles. The van der Waals surface area contributed by atoms with Crippen LogP contribution in [0.5, 0.6) is 0 Å². The smallest absolute Gasteiger partial charge is 0.241 e. The third kappa shape index (κ3) is 2.82. The van der Waals surface area contributed by atoms with E-state index in [0.29, 0.717) is 5.92 Å². The summed E-state index contributed by atoms with van der Waals surface area (Å²) in [7, 11) is 3.98. The third-order valence-corrected chi connectivity index (χ3v) is 3.45. The summed E-state index contributed by atoms with van der Waals surface area (Å²) in [5.74, 6) is 0.470. The monoisotopic (exact) mass is 247 g/mol. The highest BCUT2D eigenvalue weighted by molar-refractivity contribution is 5.95. The molecule has 4 nitrogen and oxygen atoms in total. The highest BCUT2D eigenvalue weighted by Gasteiger charge is 2.29. The molecule has 2 N–H and O–H groups in total. The Bertz CT molecular complexity index is 431. The van der Waals surface area contributed by atoms with E-state index in [1.54, 1.807) is 0 Å². The number of benzene rings is 1. The van der Waals surface area contributed by atoms with E-state index in [1.807, 2.05) is 43.3 Å². The lowest BCUT2D eigenvalue weighted by Crippen LogP contribution is -2.39. The lowest BCUT2D eigenvalue weighted by atomic mass is 10.0. The molecule has 1 aliphatic rings. The molecule has 2 atom stereocenters. The van der Waals surface area contributed by atoms with Gasteiger partial charge in [0, 0.05) is 25.5 Å². The topological polar surface area (TPSA) is 44.4 Å². The van der Waals surface area contributed by atoms with E-state index in [2.05, 4.69) is 17.6 Å². The number of nitrogens with one attached hydrogen (secondary N) is 2. The van der Waals surface area contributed by atoms with E-state index < -0.39 is 0 Å². The van der Waals surface area contributed by atoms with Gasteiger partial charge in [0.2, 0.25) is 5.91 Å². The lowest BCUT2D eigenvalue weighted by Gasteiger charge is -2.17. The molecule has 2 rings (SSSR count). The second-order valence-corrected chi connectivity index (χ2v) is 5.13. The van der Waals surface area contributed by atoms with Crippen molar-refractivity contribution < 1.29 is 4.79 Å². The van der Waals surface area contributed by atoms with E-state index in [4.69, 9.17) is 0 Å². The maximum absolute atomic E-state index is 12.1. The fourth-order valence-corrected chi connectivity index (χ4v) is 2.27. The van der Waals surface area contributed by atoms with E-state index in [-0.39, 0.29) is 11.9 Å². The summed E-state index contributed by atoms with van der Waals surface area (Å²) < 4.78 is 0. The van der Waals surface area contributed by atoms with Gasteiger partial charge in [0.05, 0.1) is 6.04 Å². The van der Waals surface area contributed by atoms with Gasteiger partial charge in [0.1, 0.15) is 0 Å². The van der Waals surface area contributed by atoms with Crippen LogP contribution in [0.3, 0.4) is 0 Å². The minimum Gasteiger partial charge on any atom is -0.378 e. The van der Waals surface area contributed by atoms with Crippen LogP contribution in [-0.4, -0.2) is 32.6 Å². The summed E-state index contributed by atoms with van der Waals surface area (Å²) >= 11 is 0. The molecule has 0 bridgehead atoms. The van der Waals surface area contributed by atoms with Crippen molar-refractivity contribution in [2.45, 2.75) is 19.4 Å². The molecule has 98 valence electrons. The Morgan fingerprint density at radius 2 is 2.22 bits per heavy atom. The van der Waals surface area contributed by atoms with Gasteiger partial charge in [-0.3, -0.25) is 4.79 Å². The number of rotatable bonds is 3. The molecule has 0 spiro atoms. The maximum atomic E-state index is 12.1. The average Bonchev–Trinajstić information content (AvgIpc) is 2.76. The summed E-state index contributed by atoms with van der Waals surface area (Å²) in [4.78, 5) is 14.1. The normalized spacial score (nSPS) is 22.8. The first kappa shape index (κ1) is 12.9. The molecule has 0 aliphatic carbocycles. The first-order valence-corrected chi connectivity index (χ1v) is 6.39. The standard InChI is InChI=1S/C14H21N3O/c1-10-7-8-15-13(10)14(18)16-11-5-4-6-12(9-11)17(2)3/h4-6,9-10,13,15H,7-8H2,1-3H3,(H,16,18). The number of hydrogen-bond acceptors (Lipinski definition) is 3.